The smallest absolute Gasteiger partial charge is 0.308 e. The number of nitrogens with one attached hydrogen (secondary N) is 2. The number of urea groups is 1. The van der Waals surface area contributed by atoms with Crippen LogP contribution < -0.4 is 10.6 Å². The highest BCUT2D eigenvalue weighted by molar-refractivity contribution is 9.10. The maximum Gasteiger partial charge on any atom is 0.323 e. The van der Waals surface area contributed by atoms with Gasteiger partial charge in [-0.2, -0.15) is 0 Å². The Hall–Kier alpha value is -2.14. The molecular weight excluding hydrogens is 332 g/mol. The molecule has 2 N–H and O–H groups in total. The number of aryl methyl sites for hydroxylation is 1. The van der Waals surface area contributed by atoms with Gasteiger partial charge in [0.1, 0.15) is 0 Å². The third kappa shape index (κ3) is 4.43. The van der Waals surface area contributed by atoms with Gasteiger partial charge in [0.25, 0.3) is 0 Å². The minimum Gasteiger partial charge on any atom is -0.308 e. The predicted molar refractivity (Wildman–Crippen MR) is 88.0 cm³/mol. The summed E-state index contributed by atoms with van der Waals surface area (Å²) in [5.41, 5.74) is 2.87. The normalized spacial score (nSPS) is 10.0. The van der Waals surface area contributed by atoms with Gasteiger partial charge in [-0.25, -0.2) is 4.79 Å². The lowest BCUT2D eigenvalue weighted by molar-refractivity contribution is 0.101. The van der Waals surface area contributed by atoms with Gasteiger partial charge in [0.15, 0.2) is 5.78 Å². The largest absolute Gasteiger partial charge is 0.323 e. The van der Waals surface area contributed by atoms with Crippen molar-refractivity contribution < 1.29 is 9.59 Å². The van der Waals surface area contributed by atoms with E-state index in [9.17, 15) is 9.59 Å². The molecule has 5 heteroatoms. The van der Waals surface area contributed by atoms with Crippen molar-refractivity contribution in [1.29, 1.82) is 0 Å². The monoisotopic (exact) mass is 346 g/mol. The number of rotatable bonds is 3. The fourth-order valence-corrected chi connectivity index (χ4v) is 2.53. The minimum absolute atomic E-state index is 0.0401. The van der Waals surface area contributed by atoms with Crippen LogP contribution in [0.2, 0.25) is 0 Å². The Morgan fingerprint density at radius 2 is 1.71 bits per heavy atom. The first-order valence-electron chi connectivity index (χ1n) is 6.40. The maximum absolute atomic E-state index is 12.0. The van der Waals surface area contributed by atoms with E-state index in [1.54, 1.807) is 24.3 Å². The number of carbonyl (C=O) groups excluding carboxylic acids is 2. The van der Waals surface area contributed by atoms with E-state index in [-0.39, 0.29) is 11.8 Å². The summed E-state index contributed by atoms with van der Waals surface area (Å²) in [4.78, 5) is 23.3. The van der Waals surface area contributed by atoms with Crippen LogP contribution in [0.25, 0.3) is 0 Å². The SMILES string of the molecule is CC(=O)c1cccc(NC(=O)Nc2cc(C)cc(Br)c2)c1. The Morgan fingerprint density at radius 3 is 2.38 bits per heavy atom. The minimum atomic E-state index is -0.354. The van der Waals surface area contributed by atoms with E-state index in [1.807, 2.05) is 25.1 Å². The van der Waals surface area contributed by atoms with Gasteiger partial charge in [0, 0.05) is 21.4 Å². The Bertz CT molecular complexity index is 678. The summed E-state index contributed by atoms with van der Waals surface area (Å²) in [6.07, 6.45) is 0. The molecule has 0 aliphatic heterocycles. The maximum atomic E-state index is 12.0. The van der Waals surface area contributed by atoms with Gasteiger partial charge in [0.2, 0.25) is 0 Å². The number of benzene rings is 2. The first-order valence-corrected chi connectivity index (χ1v) is 7.19. The molecule has 0 spiro atoms. The highest BCUT2D eigenvalue weighted by Crippen LogP contribution is 2.19. The summed E-state index contributed by atoms with van der Waals surface area (Å²) in [7, 11) is 0. The fourth-order valence-electron chi connectivity index (χ4n) is 1.92. The highest BCUT2D eigenvalue weighted by atomic mass is 79.9. The molecular formula is C16H15BrN2O2. The number of halogens is 1. The van der Waals surface area contributed by atoms with Crippen molar-refractivity contribution in [2.24, 2.45) is 0 Å². The number of hydrogen-bond acceptors (Lipinski definition) is 2. The number of amides is 2. The molecule has 0 aromatic heterocycles. The lowest BCUT2D eigenvalue weighted by atomic mass is 10.1. The van der Waals surface area contributed by atoms with E-state index in [2.05, 4.69) is 26.6 Å². The molecule has 0 aliphatic carbocycles. The first kappa shape index (κ1) is 15.3. The van der Waals surface area contributed by atoms with Crippen LogP contribution in [0.5, 0.6) is 0 Å². The number of anilines is 2. The van der Waals surface area contributed by atoms with Gasteiger partial charge < -0.3 is 10.6 Å². The zero-order chi connectivity index (χ0) is 15.4. The zero-order valence-electron chi connectivity index (χ0n) is 11.7. The van der Waals surface area contributed by atoms with Crippen LogP contribution in [0.15, 0.2) is 46.9 Å². The molecule has 0 heterocycles. The molecule has 0 fully saturated rings. The van der Waals surface area contributed by atoms with Gasteiger partial charge in [-0.05, 0) is 49.7 Å². The molecule has 21 heavy (non-hydrogen) atoms. The van der Waals surface area contributed by atoms with E-state index < -0.39 is 0 Å². The molecule has 2 amide bonds. The molecule has 2 aromatic rings. The molecule has 0 aliphatic rings. The summed E-state index contributed by atoms with van der Waals surface area (Å²) in [5.74, 6) is -0.0401. The lowest BCUT2D eigenvalue weighted by Crippen LogP contribution is -2.19. The summed E-state index contributed by atoms with van der Waals surface area (Å²) in [5, 5.41) is 5.46. The molecule has 4 nitrogen and oxygen atoms in total. The predicted octanol–water partition coefficient (Wildman–Crippen LogP) is 4.60. The van der Waals surface area contributed by atoms with Crippen LogP contribution in [-0.4, -0.2) is 11.8 Å². The van der Waals surface area contributed by atoms with Crippen LogP contribution in [0.4, 0.5) is 16.2 Å². The van der Waals surface area contributed by atoms with Crippen molar-refractivity contribution in [1.82, 2.24) is 0 Å². The second-order valence-electron chi connectivity index (χ2n) is 4.73. The Morgan fingerprint density at radius 1 is 1.00 bits per heavy atom. The average Bonchev–Trinajstić information content (AvgIpc) is 2.37. The summed E-state index contributed by atoms with van der Waals surface area (Å²) >= 11 is 3.39. The van der Waals surface area contributed by atoms with Gasteiger partial charge in [-0.15, -0.1) is 0 Å². The Balaban J connectivity index is 2.08. The van der Waals surface area contributed by atoms with Crippen molar-refractivity contribution in [3.63, 3.8) is 0 Å². The molecule has 0 radical (unpaired) electrons. The number of hydrogen-bond donors (Lipinski definition) is 2. The number of Topliss-reactive ketones (excluding diaryl/α,β-unsaturated/α-hetero) is 1. The van der Waals surface area contributed by atoms with Crippen LogP contribution in [0.1, 0.15) is 22.8 Å². The van der Waals surface area contributed by atoms with Gasteiger partial charge >= 0.3 is 6.03 Å². The molecule has 0 saturated heterocycles. The van der Waals surface area contributed by atoms with Crippen LogP contribution in [0, 0.1) is 6.92 Å². The van der Waals surface area contributed by atoms with Gasteiger partial charge in [0.05, 0.1) is 0 Å². The quantitative estimate of drug-likeness (QED) is 0.797. The lowest BCUT2D eigenvalue weighted by Gasteiger charge is -2.09. The summed E-state index contributed by atoms with van der Waals surface area (Å²) in [6.45, 7) is 3.44. The van der Waals surface area contributed by atoms with Crippen molar-refractivity contribution >= 4 is 39.1 Å². The standard InChI is InChI=1S/C16H15BrN2O2/c1-10-6-13(17)9-15(7-10)19-16(21)18-14-5-3-4-12(8-14)11(2)20/h3-9H,1-2H3,(H2,18,19,21). The summed E-state index contributed by atoms with van der Waals surface area (Å²) in [6, 6.07) is 12.1. The van der Waals surface area contributed by atoms with E-state index >= 15 is 0 Å². The Kier molecular flexibility index (Phi) is 4.75. The molecule has 0 unspecified atom stereocenters. The third-order valence-corrected chi connectivity index (χ3v) is 3.28. The van der Waals surface area contributed by atoms with Crippen molar-refractivity contribution in [3.8, 4) is 0 Å². The van der Waals surface area contributed by atoms with E-state index in [1.165, 1.54) is 6.92 Å². The highest BCUT2D eigenvalue weighted by Gasteiger charge is 2.06. The van der Waals surface area contributed by atoms with E-state index in [0.29, 0.717) is 16.9 Å². The summed E-state index contributed by atoms with van der Waals surface area (Å²) < 4.78 is 0.899. The second-order valence-corrected chi connectivity index (χ2v) is 5.65. The van der Waals surface area contributed by atoms with E-state index in [0.717, 1.165) is 10.0 Å². The van der Waals surface area contributed by atoms with Crippen LogP contribution in [0.3, 0.4) is 0 Å². The Labute approximate surface area is 131 Å². The number of ketones is 1. The number of carbonyl (C=O) groups is 2. The zero-order valence-corrected chi connectivity index (χ0v) is 13.3. The van der Waals surface area contributed by atoms with Crippen LogP contribution in [-0.2, 0) is 0 Å². The third-order valence-electron chi connectivity index (χ3n) is 2.83. The molecule has 0 saturated carbocycles. The van der Waals surface area contributed by atoms with Crippen molar-refractivity contribution in [2.45, 2.75) is 13.8 Å². The topological polar surface area (TPSA) is 58.2 Å². The second kappa shape index (κ2) is 6.54. The molecule has 108 valence electrons. The van der Waals surface area contributed by atoms with Crippen molar-refractivity contribution in [3.05, 3.63) is 58.1 Å². The molecule has 2 rings (SSSR count). The average molecular weight is 347 g/mol. The molecule has 2 aromatic carbocycles. The fraction of sp³-hybridized carbons (Fsp3) is 0.125. The molecule has 0 bridgehead atoms. The van der Waals surface area contributed by atoms with E-state index in [4.69, 9.17) is 0 Å². The van der Waals surface area contributed by atoms with Gasteiger partial charge in [-0.1, -0.05) is 28.1 Å². The van der Waals surface area contributed by atoms with Crippen molar-refractivity contribution in [2.75, 3.05) is 10.6 Å². The first-order chi connectivity index (χ1) is 9.94. The molecule has 0 atom stereocenters. The van der Waals surface area contributed by atoms with Crippen LogP contribution >= 0.6 is 15.9 Å². The van der Waals surface area contributed by atoms with Gasteiger partial charge in [-0.3, -0.25) is 4.79 Å².